The number of alkyl halides is 3. The van der Waals surface area contributed by atoms with Gasteiger partial charge >= 0.3 is 6.18 Å². The van der Waals surface area contributed by atoms with E-state index in [-0.39, 0.29) is 43.8 Å². The molecule has 3 aromatic heterocycles. The Hall–Kier alpha value is -2.30. The van der Waals surface area contributed by atoms with E-state index >= 15 is 0 Å². The van der Waals surface area contributed by atoms with E-state index in [9.17, 15) is 17.6 Å². The van der Waals surface area contributed by atoms with Gasteiger partial charge in [-0.05, 0) is 18.2 Å². The van der Waals surface area contributed by atoms with Gasteiger partial charge in [-0.3, -0.25) is 0 Å². The fourth-order valence-electron chi connectivity index (χ4n) is 2.49. The largest absolute Gasteiger partial charge is 0.417 e. The molecule has 4 aromatic rings. The molecule has 0 radical (unpaired) electrons. The minimum atomic E-state index is -4.55. The molecule has 5 nitrogen and oxygen atoms in total. The number of halogens is 6. The minimum absolute atomic E-state index is 0.0135. The maximum atomic E-state index is 13.8. The van der Waals surface area contributed by atoms with E-state index in [1.165, 1.54) is 18.3 Å². The van der Waals surface area contributed by atoms with Crippen molar-refractivity contribution in [3.05, 3.63) is 63.6 Å². The Labute approximate surface area is 174 Å². The molecule has 0 saturated heterocycles. The van der Waals surface area contributed by atoms with Crippen molar-refractivity contribution in [3.8, 4) is 11.6 Å². The maximum Gasteiger partial charge on any atom is 0.417 e. The van der Waals surface area contributed by atoms with E-state index in [1.807, 2.05) is 0 Å². The molecule has 0 aliphatic rings. The SMILES string of the molecule is Fc1cccc(Cl)c1CSc1nnc(-c2cn3cc(C(F)(F)F)cc(Cl)c3n2)o1. The molecule has 4 rings (SSSR count). The van der Waals surface area contributed by atoms with Crippen LogP contribution in [0.1, 0.15) is 11.1 Å². The number of aromatic nitrogens is 4. The average Bonchev–Trinajstić information content (AvgIpc) is 3.27. The standard InChI is InChI=1S/C17H8Cl2F4N4OS/c18-10-2-1-3-12(20)9(10)7-29-16-26-25-15(28-16)13-6-27-5-8(17(21,22)23)4-11(19)14(27)24-13/h1-6H,7H2. The highest BCUT2D eigenvalue weighted by atomic mass is 35.5. The van der Waals surface area contributed by atoms with Crippen molar-refractivity contribution >= 4 is 40.6 Å². The van der Waals surface area contributed by atoms with Gasteiger partial charge < -0.3 is 8.82 Å². The summed E-state index contributed by atoms with van der Waals surface area (Å²) in [6.07, 6.45) is -2.39. The fraction of sp³-hybridized carbons (Fsp3) is 0.118. The Balaban J connectivity index is 1.59. The molecule has 0 spiro atoms. The zero-order valence-electron chi connectivity index (χ0n) is 14.0. The van der Waals surface area contributed by atoms with Gasteiger partial charge in [0, 0.05) is 28.7 Å². The van der Waals surface area contributed by atoms with Gasteiger partial charge in [0.15, 0.2) is 5.65 Å². The van der Waals surface area contributed by atoms with Crippen molar-refractivity contribution in [3.63, 3.8) is 0 Å². The monoisotopic (exact) mass is 462 g/mol. The van der Waals surface area contributed by atoms with Crippen LogP contribution in [0.4, 0.5) is 17.6 Å². The smallest absolute Gasteiger partial charge is 0.410 e. The first-order valence-corrected chi connectivity index (χ1v) is 9.61. The number of pyridine rings is 1. The summed E-state index contributed by atoms with van der Waals surface area (Å²) in [6.45, 7) is 0. The average molecular weight is 463 g/mol. The van der Waals surface area contributed by atoms with Crippen molar-refractivity contribution in [1.82, 2.24) is 19.6 Å². The first-order chi connectivity index (χ1) is 13.7. The van der Waals surface area contributed by atoms with E-state index in [2.05, 4.69) is 15.2 Å². The second-order valence-electron chi connectivity index (χ2n) is 5.79. The molecule has 0 saturated carbocycles. The van der Waals surface area contributed by atoms with Crippen LogP contribution in [0.2, 0.25) is 10.0 Å². The zero-order valence-corrected chi connectivity index (χ0v) is 16.4. The van der Waals surface area contributed by atoms with Crippen LogP contribution in [0.3, 0.4) is 0 Å². The number of rotatable bonds is 4. The summed E-state index contributed by atoms with van der Waals surface area (Å²) in [5.41, 5.74) is -0.365. The van der Waals surface area contributed by atoms with Crippen LogP contribution in [0.25, 0.3) is 17.2 Å². The quantitative estimate of drug-likeness (QED) is 0.269. The van der Waals surface area contributed by atoms with E-state index in [4.69, 9.17) is 27.6 Å². The van der Waals surface area contributed by atoms with Crippen LogP contribution >= 0.6 is 35.0 Å². The van der Waals surface area contributed by atoms with Crippen molar-refractivity contribution in [2.75, 3.05) is 0 Å². The maximum absolute atomic E-state index is 13.8. The number of hydrogen-bond donors (Lipinski definition) is 0. The molecule has 12 heteroatoms. The highest BCUT2D eigenvalue weighted by Gasteiger charge is 2.32. The lowest BCUT2D eigenvalue weighted by Crippen LogP contribution is -2.06. The van der Waals surface area contributed by atoms with Gasteiger partial charge in [0.2, 0.25) is 0 Å². The van der Waals surface area contributed by atoms with E-state index < -0.39 is 17.6 Å². The second kappa shape index (κ2) is 7.51. The Morgan fingerprint density at radius 3 is 2.62 bits per heavy atom. The zero-order chi connectivity index (χ0) is 20.8. The normalized spacial score (nSPS) is 12.1. The molecule has 150 valence electrons. The third kappa shape index (κ3) is 4.05. The van der Waals surface area contributed by atoms with Crippen LogP contribution in [0, 0.1) is 5.82 Å². The summed E-state index contributed by atoms with van der Waals surface area (Å²) >= 11 is 13.0. The van der Waals surface area contributed by atoms with Crippen LogP contribution < -0.4 is 0 Å². The fourth-order valence-corrected chi connectivity index (χ4v) is 3.85. The molecule has 0 aliphatic heterocycles. The molecule has 3 heterocycles. The summed E-state index contributed by atoms with van der Waals surface area (Å²) in [7, 11) is 0. The number of fused-ring (bicyclic) bond motifs is 1. The number of hydrogen-bond acceptors (Lipinski definition) is 5. The molecular formula is C17H8Cl2F4N4OS. The molecule has 0 amide bonds. The summed E-state index contributed by atoms with van der Waals surface area (Å²) in [5, 5.41) is 7.89. The number of nitrogens with zero attached hydrogens (tertiary/aromatic N) is 4. The van der Waals surface area contributed by atoms with Gasteiger partial charge in [0.1, 0.15) is 11.5 Å². The molecular weight excluding hydrogens is 455 g/mol. The molecule has 1 aromatic carbocycles. The summed E-state index contributed by atoms with van der Waals surface area (Å²) in [6, 6.07) is 5.14. The molecule has 0 aliphatic carbocycles. The topological polar surface area (TPSA) is 56.2 Å². The van der Waals surface area contributed by atoms with E-state index in [1.54, 1.807) is 6.07 Å². The number of imidazole rings is 1. The van der Waals surface area contributed by atoms with Crippen LogP contribution in [0.5, 0.6) is 0 Å². The van der Waals surface area contributed by atoms with Crippen molar-refractivity contribution in [1.29, 1.82) is 0 Å². The van der Waals surface area contributed by atoms with Gasteiger partial charge in [-0.2, -0.15) is 13.2 Å². The number of benzene rings is 1. The molecule has 0 atom stereocenters. The molecule has 29 heavy (non-hydrogen) atoms. The molecule has 0 N–H and O–H groups in total. The third-order valence-electron chi connectivity index (χ3n) is 3.86. The van der Waals surface area contributed by atoms with Gasteiger partial charge in [0.25, 0.3) is 11.1 Å². The highest BCUT2D eigenvalue weighted by molar-refractivity contribution is 7.98. The minimum Gasteiger partial charge on any atom is -0.410 e. The second-order valence-corrected chi connectivity index (χ2v) is 7.53. The lowest BCUT2D eigenvalue weighted by molar-refractivity contribution is -0.137. The summed E-state index contributed by atoms with van der Waals surface area (Å²) in [4.78, 5) is 4.14. The van der Waals surface area contributed by atoms with Gasteiger partial charge in [-0.1, -0.05) is 41.0 Å². The van der Waals surface area contributed by atoms with Crippen LogP contribution in [-0.2, 0) is 11.9 Å². The lowest BCUT2D eigenvalue weighted by Gasteiger charge is -2.07. The van der Waals surface area contributed by atoms with Gasteiger partial charge in [-0.15, -0.1) is 10.2 Å². The first kappa shape index (κ1) is 20.0. The molecule has 0 bridgehead atoms. The lowest BCUT2D eigenvalue weighted by atomic mass is 10.2. The number of thioether (sulfide) groups is 1. The van der Waals surface area contributed by atoms with Gasteiger partial charge in [0.05, 0.1) is 10.6 Å². The predicted molar refractivity (Wildman–Crippen MR) is 99.5 cm³/mol. The predicted octanol–water partition coefficient (Wildman–Crippen LogP) is 6.14. The van der Waals surface area contributed by atoms with Crippen molar-refractivity contribution in [2.45, 2.75) is 17.2 Å². The van der Waals surface area contributed by atoms with Crippen molar-refractivity contribution in [2.24, 2.45) is 0 Å². The Bertz CT molecular complexity index is 1190. The van der Waals surface area contributed by atoms with E-state index in [0.717, 1.165) is 28.4 Å². The van der Waals surface area contributed by atoms with E-state index in [0.29, 0.717) is 0 Å². The Morgan fingerprint density at radius 2 is 1.90 bits per heavy atom. The van der Waals surface area contributed by atoms with Crippen molar-refractivity contribution < 1.29 is 22.0 Å². The van der Waals surface area contributed by atoms with Crippen LogP contribution in [-0.4, -0.2) is 19.6 Å². The van der Waals surface area contributed by atoms with Crippen LogP contribution in [0.15, 0.2) is 46.3 Å². The first-order valence-electron chi connectivity index (χ1n) is 7.87. The summed E-state index contributed by atoms with van der Waals surface area (Å²) < 4.78 is 59.2. The van der Waals surface area contributed by atoms with Gasteiger partial charge in [-0.25, -0.2) is 9.37 Å². The highest BCUT2D eigenvalue weighted by Crippen LogP contribution is 2.34. The molecule has 0 unspecified atom stereocenters. The Morgan fingerprint density at radius 1 is 1.10 bits per heavy atom. The molecule has 0 fully saturated rings. The Kier molecular flexibility index (Phi) is 5.18. The third-order valence-corrected chi connectivity index (χ3v) is 5.34. The summed E-state index contributed by atoms with van der Waals surface area (Å²) in [5.74, 6) is -0.320.